The lowest BCUT2D eigenvalue weighted by Gasteiger charge is -2.24. The van der Waals surface area contributed by atoms with E-state index in [1.807, 2.05) is 24.4 Å². The Hall–Kier alpha value is -3.30. The number of halogens is 1. The van der Waals surface area contributed by atoms with E-state index in [2.05, 4.69) is 40.4 Å². The van der Waals surface area contributed by atoms with Crippen LogP contribution in [0.3, 0.4) is 0 Å². The first kappa shape index (κ1) is 21.5. The average Bonchev–Trinajstić information content (AvgIpc) is 3.28. The van der Waals surface area contributed by atoms with E-state index in [0.717, 1.165) is 48.9 Å². The quantitative estimate of drug-likeness (QED) is 0.540. The number of pyridine rings is 1. The number of carbonyl (C=O) groups excluding carboxylic acids is 1. The molecule has 2 aliphatic rings. The number of nitrogens with one attached hydrogen (secondary N) is 1. The number of azo groups is 1. The van der Waals surface area contributed by atoms with Crippen LogP contribution in [0.5, 0.6) is 0 Å². The van der Waals surface area contributed by atoms with E-state index in [9.17, 15) is 4.79 Å². The minimum Gasteiger partial charge on any atom is -0.355 e. The fraction of sp³-hybridized carbons (Fsp3) is 0.348. The summed E-state index contributed by atoms with van der Waals surface area (Å²) in [6, 6.07) is 7.42. The van der Waals surface area contributed by atoms with E-state index in [4.69, 9.17) is 11.6 Å². The topological polar surface area (TPSA) is 109 Å². The number of aromatic nitrogens is 4. The SMILES string of the molecule is O=C1NCCCc2cncc(c2)-c2ncnc(n2)N=Nc2cc(Cl)cc(c2)CN2CCC[C@@H]12. The molecule has 0 aliphatic carbocycles. The molecular formula is C23H23ClN8O. The van der Waals surface area contributed by atoms with Gasteiger partial charge in [-0.05, 0) is 67.6 Å². The molecule has 6 bridgehead atoms. The van der Waals surface area contributed by atoms with E-state index in [0.29, 0.717) is 29.6 Å². The van der Waals surface area contributed by atoms with E-state index in [1.54, 1.807) is 12.3 Å². The summed E-state index contributed by atoms with van der Waals surface area (Å²) in [5.74, 6) is 0.765. The molecule has 2 aliphatic heterocycles. The van der Waals surface area contributed by atoms with Crippen molar-refractivity contribution in [2.45, 2.75) is 38.3 Å². The monoisotopic (exact) mass is 462 g/mol. The molecule has 1 fully saturated rings. The summed E-state index contributed by atoms with van der Waals surface area (Å²) in [6.45, 7) is 2.10. The molecule has 2 aromatic heterocycles. The summed E-state index contributed by atoms with van der Waals surface area (Å²) in [7, 11) is 0. The number of aryl methyl sites for hydroxylation is 1. The number of hydrogen-bond donors (Lipinski definition) is 1. The molecule has 4 heterocycles. The standard InChI is InChI=1S/C23H23ClN8O/c24-18-8-16-9-19(10-18)30-31-23-28-14-27-21(29-23)17-7-15(11-25-12-17)3-1-5-26-22(33)20-4-2-6-32(20)13-16/h7-12,14,20H,1-6,13H2,(H,26,33)/t20-/m0/s1. The van der Waals surface area contributed by atoms with Crippen molar-refractivity contribution in [1.29, 1.82) is 0 Å². The molecule has 1 atom stereocenters. The highest BCUT2D eigenvalue weighted by molar-refractivity contribution is 6.30. The van der Waals surface area contributed by atoms with Gasteiger partial charge in [-0.2, -0.15) is 9.97 Å². The molecule has 5 rings (SSSR count). The lowest BCUT2D eigenvalue weighted by Crippen LogP contribution is -2.43. The zero-order valence-corrected chi connectivity index (χ0v) is 18.7. The van der Waals surface area contributed by atoms with Gasteiger partial charge in [-0.3, -0.25) is 14.7 Å². The van der Waals surface area contributed by atoms with Crippen molar-refractivity contribution in [3.63, 3.8) is 0 Å². The summed E-state index contributed by atoms with van der Waals surface area (Å²) in [5, 5.41) is 12.2. The first-order chi connectivity index (χ1) is 16.1. The number of carbonyl (C=O) groups is 1. The Morgan fingerprint density at radius 3 is 2.91 bits per heavy atom. The molecular weight excluding hydrogens is 440 g/mol. The van der Waals surface area contributed by atoms with Gasteiger partial charge in [0.15, 0.2) is 5.82 Å². The molecule has 1 saturated heterocycles. The second-order valence-corrected chi connectivity index (χ2v) is 8.67. The smallest absolute Gasteiger partial charge is 0.272 e. The van der Waals surface area contributed by atoms with Crippen molar-refractivity contribution in [3.05, 3.63) is 59.1 Å². The Labute approximate surface area is 196 Å². The van der Waals surface area contributed by atoms with Gasteiger partial charge in [-0.1, -0.05) is 11.6 Å². The van der Waals surface area contributed by atoms with Crippen LogP contribution in [0.15, 0.2) is 53.2 Å². The van der Waals surface area contributed by atoms with Crippen LogP contribution < -0.4 is 5.32 Å². The summed E-state index contributed by atoms with van der Waals surface area (Å²) in [4.78, 5) is 32.2. The van der Waals surface area contributed by atoms with Crippen LogP contribution in [0.1, 0.15) is 30.4 Å². The van der Waals surface area contributed by atoms with Crippen molar-refractivity contribution in [3.8, 4) is 11.4 Å². The fourth-order valence-corrected chi connectivity index (χ4v) is 4.53. The van der Waals surface area contributed by atoms with Crippen molar-refractivity contribution in [2.24, 2.45) is 10.2 Å². The normalized spacial score (nSPS) is 19.2. The second-order valence-electron chi connectivity index (χ2n) is 8.23. The van der Waals surface area contributed by atoms with Crippen LogP contribution >= 0.6 is 11.6 Å². The van der Waals surface area contributed by atoms with E-state index >= 15 is 0 Å². The molecule has 1 amide bonds. The van der Waals surface area contributed by atoms with Gasteiger partial charge < -0.3 is 5.32 Å². The molecule has 0 radical (unpaired) electrons. The van der Waals surface area contributed by atoms with Crippen molar-refractivity contribution in [1.82, 2.24) is 30.2 Å². The summed E-state index contributed by atoms with van der Waals surface area (Å²) < 4.78 is 0. The predicted octanol–water partition coefficient (Wildman–Crippen LogP) is 4.03. The molecule has 0 saturated carbocycles. The second kappa shape index (κ2) is 9.68. The van der Waals surface area contributed by atoms with Gasteiger partial charge in [0.05, 0.1) is 11.7 Å². The molecule has 168 valence electrons. The first-order valence-electron chi connectivity index (χ1n) is 11.0. The van der Waals surface area contributed by atoms with Crippen LogP contribution in [0.25, 0.3) is 11.4 Å². The van der Waals surface area contributed by atoms with Crippen molar-refractivity contribution in [2.75, 3.05) is 13.1 Å². The highest BCUT2D eigenvalue weighted by Gasteiger charge is 2.30. The number of amides is 1. The molecule has 3 aromatic rings. The highest BCUT2D eigenvalue weighted by Crippen LogP contribution is 2.27. The van der Waals surface area contributed by atoms with Gasteiger partial charge in [0.2, 0.25) is 5.91 Å². The average molecular weight is 463 g/mol. The van der Waals surface area contributed by atoms with Crippen molar-refractivity contribution < 1.29 is 4.79 Å². The van der Waals surface area contributed by atoms with Crippen molar-refractivity contribution >= 4 is 29.1 Å². The largest absolute Gasteiger partial charge is 0.355 e. The summed E-state index contributed by atoms with van der Waals surface area (Å²) >= 11 is 6.35. The maximum Gasteiger partial charge on any atom is 0.272 e. The molecule has 0 spiro atoms. The third kappa shape index (κ3) is 5.20. The number of rotatable bonds is 0. The molecule has 33 heavy (non-hydrogen) atoms. The number of nitrogens with zero attached hydrogens (tertiary/aromatic N) is 7. The first-order valence-corrected chi connectivity index (χ1v) is 11.4. The number of benzene rings is 1. The molecule has 0 unspecified atom stereocenters. The summed E-state index contributed by atoms with van der Waals surface area (Å²) in [5.41, 5.74) is 3.41. The van der Waals surface area contributed by atoms with E-state index in [-0.39, 0.29) is 17.9 Å². The van der Waals surface area contributed by atoms with Crippen LogP contribution in [0.2, 0.25) is 5.02 Å². The minimum atomic E-state index is -0.137. The lowest BCUT2D eigenvalue weighted by molar-refractivity contribution is -0.125. The molecule has 9 nitrogen and oxygen atoms in total. The van der Waals surface area contributed by atoms with Gasteiger partial charge in [0.25, 0.3) is 5.95 Å². The van der Waals surface area contributed by atoms with E-state index in [1.165, 1.54) is 6.33 Å². The third-order valence-corrected chi connectivity index (χ3v) is 6.02. The van der Waals surface area contributed by atoms with Gasteiger partial charge >= 0.3 is 0 Å². The van der Waals surface area contributed by atoms with Crippen LogP contribution in [0.4, 0.5) is 11.6 Å². The predicted molar refractivity (Wildman–Crippen MR) is 123 cm³/mol. The van der Waals surface area contributed by atoms with Gasteiger partial charge in [-0.25, -0.2) is 4.98 Å². The molecule has 10 heteroatoms. The maximum absolute atomic E-state index is 12.9. The van der Waals surface area contributed by atoms with Gasteiger partial charge in [0, 0.05) is 36.1 Å². The Morgan fingerprint density at radius 1 is 1.03 bits per heavy atom. The Balaban J connectivity index is 1.50. The molecule has 1 aromatic carbocycles. The highest BCUT2D eigenvalue weighted by atomic mass is 35.5. The number of fused-ring (bicyclic) bond motifs is 8. The van der Waals surface area contributed by atoms with Crippen LogP contribution in [0, 0.1) is 0 Å². The third-order valence-electron chi connectivity index (χ3n) is 5.80. The Morgan fingerprint density at radius 2 is 1.97 bits per heavy atom. The Bertz CT molecular complexity index is 1200. The Kier molecular flexibility index (Phi) is 6.32. The zero-order chi connectivity index (χ0) is 22.6. The number of hydrogen-bond acceptors (Lipinski definition) is 8. The zero-order valence-electron chi connectivity index (χ0n) is 18.0. The summed E-state index contributed by atoms with van der Waals surface area (Å²) in [6.07, 6.45) is 8.40. The fourth-order valence-electron chi connectivity index (χ4n) is 4.28. The van der Waals surface area contributed by atoms with Gasteiger partial charge in [-0.15, -0.1) is 10.2 Å². The van der Waals surface area contributed by atoms with Crippen LogP contribution in [-0.2, 0) is 17.8 Å². The lowest BCUT2D eigenvalue weighted by atomic mass is 10.1. The maximum atomic E-state index is 12.9. The van der Waals surface area contributed by atoms with Crippen LogP contribution in [-0.4, -0.2) is 49.9 Å². The van der Waals surface area contributed by atoms with Gasteiger partial charge in [0.1, 0.15) is 6.33 Å². The molecule has 1 N–H and O–H groups in total. The minimum absolute atomic E-state index is 0.0785. The van der Waals surface area contributed by atoms with E-state index < -0.39 is 0 Å².